The molecule has 0 atom stereocenters. The Kier molecular flexibility index (Phi) is 6.73. The topological polar surface area (TPSA) is 47.8 Å². The van der Waals surface area contributed by atoms with Crippen LogP contribution in [0.5, 0.6) is 0 Å². The van der Waals surface area contributed by atoms with Gasteiger partial charge in [-0.1, -0.05) is 71.4 Å². The molecule has 172 valence electrons. The van der Waals surface area contributed by atoms with E-state index in [1.54, 1.807) is 42.2 Å². The van der Waals surface area contributed by atoms with E-state index in [-0.39, 0.29) is 5.78 Å². The zero-order valence-electron chi connectivity index (χ0n) is 18.7. The predicted octanol–water partition coefficient (Wildman–Crippen LogP) is 8.08. The number of benzene rings is 3. The first-order valence-corrected chi connectivity index (χ1v) is 12.4. The minimum absolute atomic E-state index is 0.168. The first-order valence-electron chi connectivity index (χ1n) is 10.9. The molecule has 0 amide bonds. The Labute approximate surface area is 217 Å². The van der Waals surface area contributed by atoms with Crippen LogP contribution in [0.2, 0.25) is 10.0 Å². The second-order valence-electron chi connectivity index (χ2n) is 7.81. The summed E-state index contributed by atoms with van der Waals surface area (Å²) < 4.78 is 1.91. The standard InChI is InChI=1S/C28H19Cl2N3OS/c1-18-22(13-15-25(34)20-12-14-23(29)24(30)17-20)28(33(32-18)21-9-3-2-4-10-21)35-26-11-5-7-19-8-6-16-31-27(19)26/h2-17H,1H3/b15-13+. The van der Waals surface area contributed by atoms with Gasteiger partial charge in [0.05, 0.1) is 26.9 Å². The number of fused-ring (bicyclic) bond motifs is 1. The van der Waals surface area contributed by atoms with Gasteiger partial charge in [-0.05, 0) is 61.5 Å². The number of para-hydroxylation sites is 2. The molecule has 5 aromatic rings. The Balaban J connectivity index is 1.59. The van der Waals surface area contributed by atoms with E-state index in [1.807, 2.05) is 78.3 Å². The normalized spacial score (nSPS) is 11.4. The van der Waals surface area contributed by atoms with Crippen LogP contribution in [0.3, 0.4) is 0 Å². The number of hydrogen-bond acceptors (Lipinski definition) is 4. The SMILES string of the molecule is Cc1nn(-c2ccccc2)c(Sc2cccc3cccnc23)c1/C=C/C(=O)c1ccc(Cl)c(Cl)c1. The van der Waals surface area contributed by atoms with Crippen molar-refractivity contribution in [3.8, 4) is 5.69 Å². The lowest BCUT2D eigenvalue weighted by molar-refractivity contribution is 0.104. The first-order chi connectivity index (χ1) is 17.0. The number of aromatic nitrogens is 3. The number of hydrogen-bond donors (Lipinski definition) is 0. The second-order valence-corrected chi connectivity index (χ2v) is 9.66. The monoisotopic (exact) mass is 515 g/mol. The zero-order chi connectivity index (χ0) is 24.4. The van der Waals surface area contributed by atoms with Crippen LogP contribution < -0.4 is 0 Å². The lowest BCUT2D eigenvalue weighted by atomic mass is 10.1. The third-order valence-corrected chi connectivity index (χ3v) is 7.35. The summed E-state index contributed by atoms with van der Waals surface area (Å²) in [5.74, 6) is -0.168. The van der Waals surface area contributed by atoms with Gasteiger partial charge in [-0.15, -0.1) is 0 Å². The number of rotatable bonds is 6. The van der Waals surface area contributed by atoms with Crippen molar-refractivity contribution in [1.82, 2.24) is 14.8 Å². The van der Waals surface area contributed by atoms with E-state index < -0.39 is 0 Å². The van der Waals surface area contributed by atoms with E-state index in [0.29, 0.717) is 15.6 Å². The van der Waals surface area contributed by atoms with Crippen LogP contribution in [0.1, 0.15) is 21.6 Å². The minimum Gasteiger partial charge on any atom is -0.289 e. The summed E-state index contributed by atoms with van der Waals surface area (Å²) in [5, 5.41) is 7.52. The lowest BCUT2D eigenvalue weighted by Crippen LogP contribution is -1.98. The quantitative estimate of drug-likeness (QED) is 0.169. The molecule has 4 nitrogen and oxygen atoms in total. The van der Waals surface area contributed by atoms with Crippen molar-refractivity contribution in [2.24, 2.45) is 0 Å². The highest BCUT2D eigenvalue weighted by Crippen LogP contribution is 2.37. The fourth-order valence-electron chi connectivity index (χ4n) is 3.72. The summed E-state index contributed by atoms with van der Waals surface area (Å²) >= 11 is 13.7. The largest absolute Gasteiger partial charge is 0.289 e. The van der Waals surface area contributed by atoms with Crippen LogP contribution in [0, 0.1) is 6.92 Å². The molecular weight excluding hydrogens is 497 g/mol. The summed E-state index contributed by atoms with van der Waals surface area (Å²) in [6.45, 7) is 1.94. The third kappa shape index (κ3) is 4.89. The molecule has 0 aliphatic rings. The number of allylic oxidation sites excluding steroid dienone is 1. The molecule has 3 aromatic carbocycles. The molecule has 2 heterocycles. The minimum atomic E-state index is -0.168. The molecule has 0 saturated heterocycles. The van der Waals surface area contributed by atoms with E-state index in [9.17, 15) is 4.79 Å². The van der Waals surface area contributed by atoms with Crippen molar-refractivity contribution in [3.05, 3.63) is 118 Å². The van der Waals surface area contributed by atoms with Crippen molar-refractivity contribution < 1.29 is 4.79 Å². The lowest BCUT2D eigenvalue weighted by Gasteiger charge is -2.10. The Hall–Kier alpha value is -3.38. The highest BCUT2D eigenvalue weighted by molar-refractivity contribution is 7.99. The second kappa shape index (κ2) is 10.1. The van der Waals surface area contributed by atoms with Gasteiger partial charge in [-0.25, -0.2) is 4.68 Å². The number of pyridine rings is 1. The van der Waals surface area contributed by atoms with Gasteiger partial charge < -0.3 is 0 Å². The average Bonchev–Trinajstić information content (AvgIpc) is 3.19. The fraction of sp³-hybridized carbons (Fsp3) is 0.0357. The average molecular weight is 516 g/mol. The molecule has 0 unspecified atom stereocenters. The van der Waals surface area contributed by atoms with Gasteiger partial charge in [0, 0.05) is 27.6 Å². The van der Waals surface area contributed by atoms with E-state index >= 15 is 0 Å². The van der Waals surface area contributed by atoms with Crippen LogP contribution in [0.15, 0.2) is 101 Å². The van der Waals surface area contributed by atoms with E-state index in [2.05, 4.69) is 4.98 Å². The molecule has 0 N–H and O–H groups in total. The van der Waals surface area contributed by atoms with E-state index in [4.69, 9.17) is 28.3 Å². The molecule has 0 saturated carbocycles. The molecule has 0 fully saturated rings. The molecule has 0 radical (unpaired) electrons. The summed E-state index contributed by atoms with van der Waals surface area (Å²) in [6.07, 6.45) is 5.15. The van der Waals surface area contributed by atoms with Crippen LogP contribution in [-0.2, 0) is 0 Å². The number of carbonyl (C=O) groups excluding carboxylic acids is 1. The van der Waals surface area contributed by atoms with E-state index in [0.717, 1.165) is 37.8 Å². The van der Waals surface area contributed by atoms with Gasteiger partial charge in [0.15, 0.2) is 5.78 Å². The van der Waals surface area contributed by atoms with Gasteiger partial charge >= 0.3 is 0 Å². The maximum Gasteiger partial charge on any atom is 0.185 e. The zero-order valence-corrected chi connectivity index (χ0v) is 21.0. The molecule has 35 heavy (non-hydrogen) atoms. The predicted molar refractivity (Wildman–Crippen MR) is 144 cm³/mol. The molecule has 0 bridgehead atoms. The Morgan fingerprint density at radius 3 is 2.54 bits per heavy atom. The fourth-order valence-corrected chi connectivity index (χ4v) is 5.20. The molecule has 7 heteroatoms. The molecular formula is C28H19Cl2N3OS. The highest BCUT2D eigenvalue weighted by Gasteiger charge is 2.18. The molecule has 2 aromatic heterocycles. The number of carbonyl (C=O) groups is 1. The number of ketones is 1. The number of aryl methyl sites for hydroxylation is 1. The van der Waals surface area contributed by atoms with Gasteiger partial charge in [0.2, 0.25) is 0 Å². The third-order valence-electron chi connectivity index (χ3n) is 5.47. The van der Waals surface area contributed by atoms with Gasteiger partial charge in [0.1, 0.15) is 5.03 Å². The van der Waals surface area contributed by atoms with Crippen LogP contribution in [0.4, 0.5) is 0 Å². The maximum atomic E-state index is 12.9. The van der Waals surface area contributed by atoms with Gasteiger partial charge in [0.25, 0.3) is 0 Å². The van der Waals surface area contributed by atoms with Crippen molar-refractivity contribution in [2.75, 3.05) is 0 Å². The first kappa shape index (κ1) is 23.4. The summed E-state index contributed by atoms with van der Waals surface area (Å²) in [4.78, 5) is 18.5. The smallest absolute Gasteiger partial charge is 0.185 e. The molecule has 5 rings (SSSR count). The van der Waals surface area contributed by atoms with Gasteiger partial charge in [-0.3, -0.25) is 9.78 Å². The van der Waals surface area contributed by atoms with Crippen molar-refractivity contribution in [2.45, 2.75) is 16.8 Å². The van der Waals surface area contributed by atoms with Crippen molar-refractivity contribution >= 4 is 57.7 Å². The summed E-state index contributed by atoms with van der Waals surface area (Å²) in [6, 6.07) is 24.9. The van der Waals surface area contributed by atoms with Crippen molar-refractivity contribution in [3.63, 3.8) is 0 Å². The van der Waals surface area contributed by atoms with Gasteiger partial charge in [-0.2, -0.15) is 5.10 Å². The van der Waals surface area contributed by atoms with E-state index in [1.165, 1.54) is 0 Å². The Morgan fingerprint density at radius 2 is 1.74 bits per heavy atom. The number of halogens is 2. The number of nitrogens with zero attached hydrogens (tertiary/aromatic N) is 3. The summed E-state index contributed by atoms with van der Waals surface area (Å²) in [5.41, 5.74) is 3.99. The van der Waals surface area contributed by atoms with Crippen molar-refractivity contribution in [1.29, 1.82) is 0 Å². The molecule has 0 spiro atoms. The molecule has 0 aliphatic heterocycles. The summed E-state index contributed by atoms with van der Waals surface area (Å²) in [7, 11) is 0. The molecule has 0 aliphatic carbocycles. The van der Waals surface area contributed by atoms with Crippen LogP contribution in [-0.4, -0.2) is 20.5 Å². The Bertz CT molecular complexity index is 1570. The maximum absolute atomic E-state index is 12.9. The van der Waals surface area contributed by atoms with Crippen LogP contribution >= 0.6 is 35.0 Å². The Morgan fingerprint density at radius 1 is 0.943 bits per heavy atom. The van der Waals surface area contributed by atoms with Crippen LogP contribution in [0.25, 0.3) is 22.7 Å². The highest BCUT2D eigenvalue weighted by atomic mass is 35.5.